The van der Waals surface area contributed by atoms with Crippen molar-refractivity contribution in [3.8, 4) is 33.4 Å². The predicted octanol–water partition coefficient (Wildman–Crippen LogP) is 6.07. The van der Waals surface area contributed by atoms with Gasteiger partial charge in [-0.15, -0.1) is 0 Å². The predicted molar refractivity (Wildman–Crippen MR) is 217 cm³/mol. The molecule has 10 rings (SSSR count). The topological polar surface area (TPSA) is 0 Å². The Morgan fingerprint density at radius 2 is 0.500 bits per heavy atom. The van der Waals surface area contributed by atoms with Gasteiger partial charge in [-0.1, -0.05) is 206 Å². The Kier molecular flexibility index (Phi) is 6.63. The molecule has 0 unspecified atom stereocenters. The minimum atomic E-state index is -2.59. The van der Waals surface area contributed by atoms with Crippen molar-refractivity contribution in [1.82, 2.24) is 0 Å². The summed E-state index contributed by atoms with van der Waals surface area (Å²) in [4.78, 5) is 0. The van der Waals surface area contributed by atoms with Crippen LogP contribution in [0.2, 0.25) is 0 Å². The average molecular weight is 667 g/mol. The van der Waals surface area contributed by atoms with Crippen molar-refractivity contribution in [3.63, 3.8) is 0 Å². The zero-order valence-electron chi connectivity index (χ0n) is 27.6. The van der Waals surface area contributed by atoms with E-state index >= 15 is 0 Å². The van der Waals surface area contributed by atoms with Gasteiger partial charge in [0, 0.05) is 0 Å². The normalized spacial score (nSPS) is 14.3. The summed E-state index contributed by atoms with van der Waals surface area (Å²) in [5, 5.41) is 11.6. The van der Waals surface area contributed by atoms with Gasteiger partial charge in [0.2, 0.25) is 0 Å². The molecule has 0 fully saturated rings. The number of rotatable bonds is 5. The molecule has 50 heavy (non-hydrogen) atoms. The van der Waals surface area contributed by atoms with E-state index in [2.05, 4.69) is 206 Å². The third-order valence-electron chi connectivity index (χ3n) is 11.3. The highest BCUT2D eigenvalue weighted by atomic mass is 28.3. The first-order chi connectivity index (χ1) is 24.8. The summed E-state index contributed by atoms with van der Waals surface area (Å²) in [7, 11) is -5.17. The van der Waals surface area contributed by atoms with Crippen molar-refractivity contribution in [2.24, 2.45) is 0 Å². The molecule has 8 aromatic rings. The van der Waals surface area contributed by atoms with Crippen LogP contribution in [0.15, 0.2) is 206 Å². The van der Waals surface area contributed by atoms with E-state index in [1.165, 1.54) is 74.9 Å². The third-order valence-corrected chi connectivity index (χ3v) is 21.0. The van der Waals surface area contributed by atoms with Gasteiger partial charge in [-0.3, -0.25) is 0 Å². The van der Waals surface area contributed by atoms with Crippen molar-refractivity contribution < 1.29 is 0 Å². The van der Waals surface area contributed by atoms with Gasteiger partial charge in [-0.2, -0.15) is 0 Å². The van der Waals surface area contributed by atoms with Gasteiger partial charge < -0.3 is 0 Å². The lowest BCUT2D eigenvalue weighted by molar-refractivity contribution is 1.64. The maximum absolute atomic E-state index is 2.59. The van der Waals surface area contributed by atoms with E-state index in [9.17, 15) is 0 Å². The average Bonchev–Trinajstić information content (AvgIpc) is 3.67. The summed E-state index contributed by atoms with van der Waals surface area (Å²) >= 11 is 0. The van der Waals surface area contributed by atoms with Crippen molar-refractivity contribution >= 4 is 57.6 Å². The van der Waals surface area contributed by atoms with Crippen LogP contribution in [-0.2, 0) is 0 Å². The number of fused-ring (bicyclic) bond motifs is 6. The first-order valence-electron chi connectivity index (χ1n) is 17.5. The first kappa shape index (κ1) is 29.1. The van der Waals surface area contributed by atoms with Crippen LogP contribution in [0.4, 0.5) is 0 Å². The fraction of sp³-hybridized carbons (Fsp3) is 0. The smallest absolute Gasteiger partial charge is 0.0623 e. The Hall–Kier alpha value is -5.81. The third kappa shape index (κ3) is 3.98. The molecule has 0 atom stereocenters. The Balaban J connectivity index is 1.25. The van der Waals surface area contributed by atoms with Gasteiger partial charge in [0.25, 0.3) is 0 Å². The highest BCUT2D eigenvalue weighted by molar-refractivity contribution is 7.23. The molecule has 0 spiro atoms. The summed E-state index contributed by atoms with van der Waals surface area (Å²) in [5.41, 5.74) is 8.05. The van der Waals surface area contributed by atoms with Crippen LogP contribution >= 0.6 is 0 Å². The zero-order valence-corrected chi connectivity index (χ0v) is 29.6. The Morgan fingerprint density at radius 3 is 0.840 bits per heavy atom. The van der Waals surface area contributed by atoms with Crippen LogP contribution in [0, 0.1) is 0 Å². The van der Waals surface area contributed by atoms with Crippen molar-refractivity contribution in [3.05, 3.63) is 206 Å². The minimum absolute atomic E-state index is 1.28. The molecule has 0 N–H and O–H groups in total. The van der Waals surface area contributed by atoms with Crippen LogP contribution in [0.5, 0.6) is 0 Å². The Labute approximate surface area is 296 Å². The summed E-state index contributed by atoms with van der Waals surface area (Å²) in [6.07, 6.45) is 0. The second-order valence-corrected chi connectivity index (χ2v) is 21.0. The Bertz CT molecular complexity index is 2260. The van der Waals surface area contributed by atoms with Gasteiger partial charge in [-0.05, 0) is 74.9 Å². The van der Waals surface area contributed by atoms with Gasteiger partial charge in [-0.25, -0.2) is 0 Å². The molecule has 0 nitrogen and oxygen atoms in total. The molecule has 0 saturated carbocycles. The summed E-state index contributed by atoms with van der Waals surface area (Å²) < 4.78 is 0. The summed E-state index contributed by atoms with van der Waals surface area (Å²) in [6, 6.07) is 78.2. The molecule has 2 heterocycles. The molecule has 0 saturated heterocycles. The van der Waals surface area contributed by atoms with E-state index in [4.69, 9.17) is 0 Å². The van der Waals surface area contributed by atoms with Crippen LogP contribution in [0.25, 0.3) is 33.4 Å². The number of hydrogen-bond donors (Lipinski definition) is 0. The molecule has 0 bridgehead atoms. The van der Waals surface area contributed by atoms with Crippen LogP contribution in [0.1, 0.15) is 0 Å². The van der Waals surface area contributed by atoms with Gasteiger partial charge in [0.05, 0.1) is 0 Å². The molecular formula is C48H34Si2. The molecule has 0 aromatic heterocycles. The fourth-order valence-corrected chi connectivity index (χ4v) is 19.7. The fourth-order valence-electron chi connectivity index (χ4n) is 9.25. The molecule has 2 aliphatic rings. The largest absolute Gasteiger partial charge is 0.180 e. The van der Waals surface area contributed by atoms with Crippen LogP contribution in [0.3, 0.4) is 0 Å². The van der Waals surface area contributed by atoms with Gasteiger partial charge in [0.1, 0.15) is 0 Å². The zero-order chi connectivity index (χ0) is 33.1. The van der Waals surface area contributed by atoms with Crippen molar-refractivity contribution in [2.75, 3.05) is 0 Å². The lowest BCUT2D eigenvalue weighted by atomic mass is 9.98. The molecule has 2 heteroatoms. The standard InChI is InChI=1S/C48H34Si2/c1-5-17-37(18-6-1)49(38-19-7-2-8-20-38)45-27-15-13-25-41(45)43-31-29-35(33-47(43)49)36-30-32-44-42-26-14-16-28-46(42)50(48(44)34-36,39-21-9-3-10-22-39)40-23-11-4-12-24-40/h1-34H. The Morgan fingerprint density at radius 1 is 0.220 bits per heavy atom. The van der Waals surface area contributed by atoms with Crippen LogP contribution < -0.4 is 41.5 Å². The van der Waals surface area contributed by atoms with Gasteiger partial charge >= 0.3 is 0 Å². The van der Waals surface area contributed by atoms with Gasteiger partial charge in [0.15, 0.2) is 16.1 Å². The second kappa shape index (κ2) is 11.4. The molecule has 8 aromatic carbocycles. The highest BCUT2D eigenvalue weighted by Gasteiger charge is 2.50. The van der Waals surface area contributed by atoms with E-state index in [0.29, 0.717) is 0 Å². The number of benzene rings is 8. The molecule has 0 amide bonds. The van der Waals surface area contributed by atoms with E-state index in [-0.39, 0.29) is 0 Å². The van der Waals surface area contributed by atoms with Crippen molar-refractivity contribution in [2.45, 2.75) is 0 Å². The molecule has 234 valence electrons. The lowest BCUT2D eigenvalue weighted by Crippen LogP contribution is -2.73. The molecule has 0 radical (unpaired) electrons. The monoisotopic (exact) mass is 666 g/mol. The molecule has 2 aliphatic heterocycles. The molecule has 0 aliphatic carbocycles. The summed E-state index contributed by atoms with van der Waals surface area (Å²) in [6.45, 7) is 0. The quantitative estimate of drug-likeness (QED) is 0.196. The van der Waals surface area contributed by atoms with Crippen LogP contribution in [-0.4, -0.2) is 16.1 Å². The lowest BCUT2D eigenvalue weighted by Gasteiger charge is -2.32. The summed E-state index contributed by atoms with van der Waals surface area (Å²) in [5.74, 6) is 0. The number of hydrogen-bond acceptors (Lipinski definition) is 0. The minimum Gasteiger partial charge on any atom is -0.0623 e. The maximum Gasteiger partial charge on any atom is 0.180 e. The van der Waals surface area contributed by atoms with E-state index < -0.39 is 16.1 Å². The van der Waals surface area contributed by atoms with E-state index in [0.717, 1.165) is 0 Å². The first-order valence-corrected chi connectivity index (χ1v) is 21.5. The second-order valence-electron chi connectivity index (χ2n) is 13.6. The SMILES string of the molecule is c1ccc([Si]2(c3ccccc3)c3ccccc3-c3ccc(-c4ccc5c(c4)[Si](c4ccccc4)(c4ccccc4)c4ccccc4-5)cc32)cc1. The van der Waals surface area contributed by atoms with Crippen molar-refractivity contribution in [1.29, 1.82) is 0 Å². The van der Waals surface area contributed by atoms with E-state index in [1.807, 2.05) is 0 Å². The van der Waals surface area contributed by atoms with E-state index in [1.54, 1.807) is 0 Å². The highest BCUT2D eigenvalue weighted by Crippen LogP contribution is 2.34. The maximum atomic E-state index is 2.56. The molecular weight excluding hydrogens is 633 g/mol.